The third kappa shape index (κ3) is 2.37. The first kappa shape index (κ1) is 9.33. The van der Waals surface area contributed by atoms with Gasteiger partial charge in [-0.25, -0.2) is 3.11 Å². The average molecular weight is 292 g/mol. The zero-order valence-corrected chi connectivity index (χ0v) is 9.61. The van der Waals surface area contributed by atoms with Crippen LogP contribution >= 0.6 is 22.9 Å². The Morgan fingerprint density at radius 1 is 1.23 bits per heavy atom. The highest BCUT2D eigenvalue weighted by Crippen LogP contribution is 2.17. The Labute approximate surface area is 92.2 Å². The molecule has 2 rings (SSSR count). The van der Waals surface area contributed by atoms with Crippen molar-refractivity contribution in [1.82, 2.24) is 3.11 Å². The molecule has 0 amide bonds. The molecule has 4 heteroatoms. The summed E-state index contributed by atoms with van der Waals surface area (Å²) < 4.78 is 7.70. The van der Waals surface area contributed by atoms with Gasteiger partial charge in [0.05, 0.1) is 6.26 Å². The molecule has 13 heavy (non-hydrogen) atoms. The van der Waals surface area contributed by atoms with E-state index >= 15 is 0 Å². The molecule has 0 atom stereocenters. The molecule has 0 unspecified atom stereocenters. The fourth-order valence-corrected chi connectivity index (χ4v) is 2.11. The van der Waals surface area contributed by atoms with Crippen molar-refractivity contribution in [3.05, 3.63) is 18.4 Å². The van der Waals surface area contributed by atoms with Crippen molar-refractivity contribution < 1.29 is 4.42 Å². The molecule has 1 aliphatic heterocycles. The Bertz CT molecular complexity index is 250. The third-order valence-corrected chi connectivity index (χ3v) is 3.22. The second-order valence-electron chi connectivity index (χ2n) is 3.20. The molecule has 2 heterocycles. The monoisotopic (exact) mass is 292 g/mol. The molecule has 1 aliphatic rings. The van der Waals surface area contributed by atoms with Crippen molar-refractivity contribution in [3.63, 3.8) is 0 Å². The van der Waals surface area contributed by atoms with E-state index in [1.165, 1.54) is 13.0 Å². The number of anilines is 1. The number of halogens is 1. The largest absolute Gasteiger partial charge is 0.449 e. The van der Waals surface area contributed by atoms with Crippen LogP contribution in [0.3, 0.4) is 0 Å². The molecular formula is C9H13IN2O. The number of hydrogen-bond donors (Lipinski definition) is 0. The van der Waals surface area contributed by atoms with Crippen LogP contribution in [0.4, 0.5) is 5.88 Å². The number of hydrogen-bond acceptors (Lipinski definition) is 3. The summed E-state index contributed by atoms with van der Waals surface area (Å²) in [5.74, 6) is 1.01. The number of furan rings is 1. The lowest BCUT2D eigenvalue weighted by Gasteiger charge is -2.18. The molecule has 0 radical (unpaired) electrons. The van der Waals surface area contributed by atoms with E-state index < -0.39 is 0 Å². The number of rotatable bonds is 1. The second-order valence-corrected chi connectivity index (χ2v) is 4.57. The minimum Gasteiger partial charge on any atom is -0.449 e. The SMILES string of the molecule is IN1CCCN(c2ccco2)CC1. The standard InChI is InChI=1S/C9H13IN2O/c10-12-5-2-4-11(6-7-12)9-3-1-8-13-9/h1,3,8H,2,4-7H2. The molecule has 0 aromatic carbocycles. The van der Waals surface area contributed by atoms with Crippen LogP contribution in [0.15, 0.2) is 22.8 Å². The quantitative estimate of drug-likeness (QED) is 0.584. The first-order valence-electron chi connectivity index (χ1n) is 4.55. The highest BCUT2D eigenvalue weighted by Gasteiger charge is 2.14. The normalized spacial score (nSPS) is 20.2. The molecule has 1 aromatic heterocycles. The van der Waals surface area contributed by atoms with E-state index in [1.807, 2.05) is 12.1 Å². The van der Waals surface area contributed by atoms with E-state index in [0.717, 1.165) is 25.5 Å². The van der Waals surface area contributed by atoms with Gasteiger partial charge in [-0.1, -0.05) is 0 Å². The van der Waals surface area contributed by atoms with Gasteiger partial charge >= 0.3 is 0 Å². The Hall–Kier alpha value is -0.230. The third-order valence-electron chi connectivity index (χ3n) is 2.26. The van der Waals surface area contributed by atoms with Gasteiger partial charge in [0.25, 0.3) is 0 Å². The summed E-state index contributed by atoms with van der Waals surface area (Å²) in [6, 6.07) is 3.98. The molecule has 0 aliphatic carbocycles. The maximum absolute atomic E-state index is 5.37. The summed E-state index contributed by atoms with van der Waals surface area (Å²) in [7, 11) is 0. The highest BCUT2D eigenvalue weighted by atomic mass is 127. The Morgan fingerprint density at radius 2 is 2.15 bits per heavy atom. The van der Waals surface area contributed by atoms with E-state index in [4.69, 9.17) is 4.42 Å². The van der Waals surface area contributed by atoms with Gasteiger partial charge in [0.1, 0.15) is 0 Å². The minimum atomic E-state index is 1.01. The average Bonchev–Trinajstić information content (AvgIpc) is 2.56. The van der Waals surface area contributed by atoms with Gasteiger partial charge < -0.3 is 9.32 Å². The van der Waals surface area contributed by atoms with Crippen LogP contribution < -0.4 is 4.90 Å². The van der Waals surface area contributed by atoms with Crippen molar-refractivity contribution in [3.8, 4) is 0 Å². The lowest BCUT2D eigenvalue weighted by Crippen LogP contribution is -2.26. The summed E-state index contributed by atoms with van der Waals surface area (Å²) >= 11 is 2.39. The Balaban J connectivity index is 2.00. The highest BCUT2D eigenvalue weighted by molar-refractivity contribution is 14.1. The lowest BCUT2D eigenvalue weighted by atomic mass is 10.4. The fraction of sp³-hybridized carbons (Fsp3) is 0.556. The molecule has 0 N–H and O–H groups in total. The van der Waals surface area contributed by atoms with Crippen molar-refractivity contribution in [2.45, 2.75) is 6.42 Å². The summed E-state index contributed by atoms with van der Waals surface area (Å²) in [6.45, 7) is 4.46. The molecule has 0 spiro atoms. The van der Waals surface area contributed by atoms with Gasteiger partial charge in [-0.05, 0) is 12.5 Å². The van der Waals surface area contributed by atoms with Gasteiger partial charge in [0, 0.05) is 55.1 Å². The van der Waals surface area contributed by atoms with E-state index in [-0.39, 0.29) is 0 Å². The minimum absolute atomic E-state index is 1.01. The van der Waals surface area contributed by atoms with Crippen molar-refractivity contribution in [2.75, 3.05) is 31.1 Å². The van der Waals surface area contributed by atoms with E-state index in [1.54, 1.807) is 6.26 Å². The molecule has 72 valence electrons. The van der Waals surface area contributed by atoms with Crippen molar-refractivity contribution in [1.29, 1.82) is 0 Å². The molecule has 0 bridgehead atoms. The summed E-state index contributed by atoms with van der Waals surface area (Å²) in [4.78, 5) is 2.30. The van der Waals surface area contributed by atoms with Gasteiger partial charge in [0.2, 0.25) is 0 Å². The maximum atomic E-state index is 5.37. The molecule has 1 saturated heterocycles. The summed E-state index contributed by atoms with van der Waals surface area (Å²) in [6.07, 6.45) is 2.95. The van der Waals surface area contributed by atoms with Crippen LogP contribution in [0.25, 0.3) is 0 Å². The van der Waals surface area contributed by atoms with Crippen LogP contribution in [0, 0.1) is 0 Å². The second kappa shape index (κ2) is 4.32. The topological polar surface area (TPSA) is 19.6 Å². The number of nitrogens with zero attached hydrogens (tertiary/aromatic N) is 2. The van der Waals surface area contributed by atoms with E-state index in [2.05, 4.69) is 30.9 Å². The van der Waals surface area contributed by atoms with Gasteiger partial charge in [-0.2, -0.15) is 0 Å². The lowest BCUT2D eigenvalue weighted by molar-refractivity contribution is 0.534. The van der Waals surface area contributed by atoms with Crippen LogP contribution in [-0.2, 0) is 0 Å². The van der Waals surface area contributed by atoms with Gasteiger partial charge in [-0.3, -0.25) is 0 Å². The molecule has 1 aromatic rings. The zero-order valence-electron chi connectivity index (χ0n) is 7.45. The molecular weight excluding hydrogens is 279 g/mol. The van der Waals surface area contributed by atoms with Crippen LogP contribution in [0.1, 0.15) is 6.42 Å². The summed E-state index contributed by atoms with van der Waals surface area (Å²) in [5.41, 5.74) is 0. The smallest absolute Gasteiger partial charge is 0.195 e. The first-order chi connectivity index (χ1) is 6.36. The van der Waals surface area contributed by atoms with Gasteiger partial charge in [-0.15, -0.1) is 0 Å². The Kier molecular flexibility index (Phi) is 3.10. The van der Waals surface area contributed by atoms with E-state index in [0.29, 0.717) is 0 Å². The van der Waals surface area contributed by atoms with Crippen molar-refractivity contribution in [2.24, 2.45) is 0 Å². The first-order valence-corrected chi connectivity index (χ1v) is 5.52. The van der Waals surface area contributed by atoms with Crippen molar-refractivity contribution >= 4 is 28.7 Å². The van der Waals surface area contributed by atoms with E-state index in [9.17, 15) is 0 Å². The van der Waals surface area contributed by atoms with Crippen LogP contribution in [0.2, 0.25) is 0 Å². The predicted octanol–water partition coefficient (Wildman–Crippen LogP) is 2.14. The molecule has 3 nitrogen and oxygen atoms in total. The van der Waals surface area contributed by atoms with Crippen LogP contribution in [0.5, 0.6) is 0 Å². The molecule has 1 fully saturated rings. The molecule has 0 saturated carbocycles. The Morgan fingerprint density at radius 3 is 2.92 bits per heavy atom. The predicted molar refractivity (Wildman–Crippen MR) is 61.1 cm³/mol. The zero-order chi connectivity index (χ0) is 9.10. The maximum Gasteiger partial charge on any atom is 0.195 e. The fourth-order valence-electron chi connectivity index (χ4n) is 1.56. The van der Waals surface area contributed by atoms with Crippen LogP contribution in [-0.4, -0.2) is 29.3 Å². The summed E-state index contributed by atoms with van der Waals surface area (Å²) in [5, 5.41) is 0. The van der Waals surface area contributed by atoms with Gasteiger partial charge in [0.15, 0.2) is 5.88 Å².